The fourth-order valence-electron chi connectivity index (χ4n) is 2.24. The summed E-state index contributed by atoms with van der Waals surface area (Å²) in [6.45, 7) is 4.78. The molecular weight excluding hydrogens is 451 g/mol. The molecule has 0 unspecified atom stereocenters. The Morgan fingerprint density at radius 1 is 1.28 bits per heavy atom. The number of thiocarbonyl (C=S) groups is 1. The fraction of sp³-hybridized carbons (Fsp3) is 0.222. The van der Waals surface area contributed by atoms with Gasteiger partial charge in [-0.1, -0.05) is 29.8 Å². The van der Waals surface area contributed by atoms with Crippen LogP contribution in [0.15, 0.2) is 36.4 Å². The lowest BCUT2D eigenvalue weighted by atomic mass is 10.1. The van der Waals surface area contributed by atoms with E-state index >= 15 is 0 Å². The number of hydrogen-bond donors (Lipinski definition) is 2. The summed E-state index contributed by atoms with van der Waals surface area (Å²) in [7, 11) is 0. The maximum atomic E-state index is 12.1. The van der Waals surface area contributed by atoms with Gasteiger partial charge in [0.05, 0.1) is 10.2 Å². The topological polar surface area (TPSA) is 73.6 Å². The van der Waals surface area contributed by atoms with Gasteiger partial charge in [-0.15, -0.1) is 0 Å². The van der Waals surface area contributed by atoms with Crippen LogP contribution in [-0.4, -0.2) is 17.6 Å². The molecule has 2 aromatic rings. The van der Waals surface area contributed by atoms with Crippen molar-refractivity contribution >= 4 is 45.8 Å². The fourth-order valence-corrected chi connectivity index (χ4v) is 3.09. The zero-order valence-corrected chi connectivity index (χ0v) is 16.9. The molecule has 0 atom stereocenters. The number of amides is 1. The van der Waals surface area contributed by atoms with Crippen LogP contribution in [-0.2, 0) is 6.61 Å². The van der Waals surface area contributed by atoms with E-state index in [1.807, 2.05) is 32.0 Å². The van der Waals surface area contributed by atoms with Gasteiger partial charge in [0.15, 0.2) is 16.6 Å². The number of nitrogens with one attached hydrogen (secondary N) is 1. The van der Waals surface area contributed by atoms with Crippen molar-refractivity contribution in [3.05, 3.63) is 56.7 Å². The number of rotatable bonds is 6. The van der Waals surface area contributed by atoms with Crippen molar-refractivity contribution in [2.45, 2.75) is 20.5 Å². The van der Waals surface area contributed by atoms with Crippen molar-refractivity contribution < 1.29 is 14.3 Å². The molecule has 2 rings (SSSR count). The number of ether oxygens (including phenoxy) is 2. The Labute approximate surface area is 166 Å². The highest BCUT2D eigenvalue weighted by molar-refractivity contribution is 14.1. The van der Waals surface area contributed by atoms with Crippen LogP contribution in [0.1, 0.15) is 28.4 Å². The van der Waals surface area contributed by atoms with Crippen molar-refractivity contribution in [2.24, 2.45) is 5.73 Å². The highest BCUT2D eigenvalue weighted by Crippen LogP contribution is 2.35. The van der Waals surface area contributed by atoms with E-state index in [1.54, 1.807) is 12.1 Å². The summed E-state index contributed by atoms with van der Waals surface area (Å²) >= 11 is 6.83. The molecule has 132 valence electrons. The molecule has 0 aliphatic carbocycles. The summed E-state index contributed by atoms with van der Waals surface area (Å²) in [5.41, 5.74) is 8.00. The van der Waals surface area contributed by atoms with Gasteiger partial charge in [-0.25, -0.2) is 0 Å². The van der Waals surface area contributed by atoms with Gasteiger partial charge >= 0.3 is 0 Å². The van der Waals surface area contributed by atoms with Crippen molar-refractivity contribution in [3.63, 3.8) is 0 Å². The van der Waals surface area contributed by atoms with Crippen LogP contribution in [0.25, 0.3) is 0 Å². The average Bonchev–Trinajstić information content (AvgIpc) is 2.53. The quantitative estimate of drug-likeness (QED) is 0.499. The first kappa shape index (κ1) is 19.5. The number of carbonyl (C=O) groups is 1. The zero-order valence-electron chi connectivity index (χ0n) is 14.0. The maximum Gasteiger partial charge on any atom is 0.257 e. The first-order valence-corrected chi connectivity index (χ1v) is 9.15. The second-order valence-corrected chi connectivity index (χ2v) is 6.92. The van der Waals surface area contributed by atoms with Gasteiger partial charge in [0.1, 0.15) is 6.61 Å². The molecule has 0 heterocycles. The zero-order chi connectivity index (χ0) is 18.4. The molecule has 0 fully saturated rings. The molecule has 0 saturated carbocycles. The van der Waals surface area contributed by atoms with E-state index in [-0.39, 0.29) is 11.0 Å². The molecule has 0 aliphatic rings. The van der Waals surface area contributed by atoms with Crippen molar-refractivity contribution in [1.82, 2.24) is 5.32 Å². The number of benzene rings is 2. The summed E-state index contributed by atoms with van der Waals surface area (Å²) in [5.74, 6) is 0.738. The molecule has 1 amide bonds. The summed E-state index contributed by atoms with van der Waals surface area (Å²) in [6.07, 6.45) is 0. The van der Waals surface area contributed by atoms with Crippen LogP contribution in [0.3, 0.4) is 0 Å². The molecule has 0 spiro atoms. The Kier molecular flexibility index (Phi) is 7.01. The van der Waals surface area contributed by atoms with E-state index in [2.05, 4.69) is 34.0 Å². The third kappa shape index (κ3) is 5.57. The lowest BCUT2D eigenvalue weighted by molar-refractivity contribution is 0.0976. The molecule has 0 aromatic heterocycles. The summed E-state index contributed by atoms with van der Waals surface area (Å²) < 4.78 is 12.4. The van der Waals surface area contributed by atoms with E-state index < -0.39 is 0 Å². The van der Waals surface area contributed by atoms with Crippen molar-refractivity contribution in [3.8, 4) is 11.5 Å². The van der Waals surface area contributed by atoms with Crippen molar-refractivity contribution in [2.75, 3.05) is 6.61 Å². The van der Waals surface area contributed by atoms with Crippen LogP contribution < -0.4 is 20.5 Å². The van der Waals surface area contributed by atoms with Gasteiger partial charge in [0.2, 0.25) is 0 Å². The van der Waals surface area contributed by atoms with Gasteiger partial charge in [0.25, 0.3) is 5.91 Å². The monoisotopic (exact) mass is 470 g/mol. The Morgan fingerprint density at radius 3 is 2.68 bits per heavy atom. The smallest absolute Gasteiger partial charge is 0.257 e. The predicted molar refractivity (Wildman–Crippen MR) is 110 cm³/mol. The van der Waals surface area contributed by atoms with E-state index in [9.17, 15) is 4.79 Å². The molecule has 25 heavy (non-hydrogen) atoms. The SMILES string of the molecule is CCOc1cc(C(=O)NC(N)=S)cc(I)c1OCc1cccc(C)c1. The second kappa shape index (κ2) is 9.00. The van der Waals surface area contributed by atoms with Gasteiger partial charge in [-0.05, 0) is 66.4 Å². The molecule has 0 radical (unpaired) electrons. The molecule has 0 saturated heterocycles. The highest BCUT2D eigenvalue weighted by atomic mass is 127. The number of aryl methyl sites for hydroxylation is 1. The Hall–Kier alpha value is -1.87. The molecular formula is C18H19IN2O3S. The summed E-state index contributed by atoms with van der Waals surface area (Å²) in [4.78, 5) is 12.1. The van der Waals surface area contributed by atoms with Gasteiger partial charge < -0.3 is 15.2 Å². The van der Waals surface area contributed by atoms with Crippen LogP contribution in [0.5, 0.6) is 11.5 Å². The Balaban J connectivity index is 2.27. The lowest BCUT2D eigenvalue weighted by Crippen LogP contribution is -2.34. The number of hydrogen-bond acceptors (Lipinski definition) is 4. The van der Waals surface area contributed by atoms with Crippen LogP contribution in [0, 0.1) is 10.5 Å². The Bertz CT molecular complexity index is 796. The third-order valence-electron chi connectivity index (χ3n) is 3.27. The molecule has 0 bridgehead atoms. The third-order valence-corrected chi connectivity index (χ3v) is 4.18. The van der Waals surface area contributed by atoms with E-state index in [0.717, 1.165) is 9.13 Å². The van der Waals surface area contributed by atoms with E-state index in [1.165, 1.54) is 5.56 Å². The normalized spacial score (nSPS) is 10.2. The minimum absolute atomic E-state index is 0.0715. The van der Waals surface area contributed by atoms with Gasteiger partial charge in [-0.3, -0.25) is 10.1 Å². The average molecular weight is 470 g/mol. The minimum Gasteiger partial charge on any atom is -0.490 e. The minimum atomic E-state index is -0.378. The van der Waals surface area contributed by atoms with Gasteiger partial charge in [0, 0.05) is 5.56 Å². The molecule has 3 N–H and O–H groups in total. The number of nitrogens with two attached hydrogens (primary N) is 1. The lowest BCUT2D eigenvalue weighted by Gasteiger charge is -2.15. The van der Waals surface area contributed by atoms with E-state index in [0.29, 0.717) is 30.3 Å². The largest absolute Gasteiger partial charge is 0.490 e. The first-order chi connectivity index (χ1) is 11.9. The maximum absolute atomic E-state index is 12.1. The Morgan fingerprint density at radius 2 is 2.04 bits per heavy atom. The standard InChI is InChI=1S/C18H19IN2O3S/c1-3-23-15-9-13(17(22)21-18(20)25)8-14(19)16(15)24-10-12-6-4-5-11(2)7-12/h4-9H,3,10H2,1-2H3,(H3,20,21,22,25). The van der Waals surface area contributed by atoms with Crippen molar-refractivity contribution in [1.29, 1.82) is 0 Å². The predicted octanol–water partition coefficient (Wildman–Crippen LogP) is 3.55. The van der Waals surface area contributed by atoms with Gasteiger partial charge in [-0.2, -0.15) is 0 Å². The van der Waals surface area contributed by atoms with Crippen LogP contribution >= 0.6 is 34.8 Å². The molecule has 5 nitrogen and oxygen atoms in total. The summed E-state index contributed by atoms with van der Waals surface area (Å²) in [5, 5.41) is 2.34. The molecule has 0 aliphatic heterocycles. The van der Waals surface area contributed by atoms with Crippen LogP contribution in [0.4, 0.5) is 0 Å². The number of carbonyl (C=O) groups excluding carboxylic acids is 1. The molecule has 2 aromatic carbocycles. The van der Waals surface area contributed by atoms with E-state index in [4.69, 9.17) is 27.4 Å². The molecule has 7 heteroatoms. The van der Waals surface area contributed by atoms with Crippen LogP contribution in [0.2, 0.25) is 0 Å². The second-order valence-electron chi connectivity index (χ2n) is 5.31. The first-order valence-electron chi connectivity index (χ1n) is 7.66. The number of halogens is 1. The summed E-state index contributed by atoms with van der Waals surface area (Å²) in [6, 6.07) is 11.4. The highest BCUT2D eigenvalue weighted by Gasteiger charge is 2.16.